The third kappa shape index (κ3) is 10.1. The van der Waals surface area contributed by atoms with Gasteiger partial charge in [-0.2, -0.15) is 13.2 Å². The lowest BCUT2D eigenvalue weighted by molar-refractivity contribution is -0.942. The van der Waals surface area contributed by atoms with Gasteiger partial charge < -0.3 is 43.6 Å². The van der Waals surface area contributed by atoms with E-state index in [0.717, 1.165) is 35.7 Å². The molecule has 0 aliphatic heterocycles. The molecule has 0 aromatic heterocycles. The number of hydrogen-bond donors (Lipinski definition) is 3. The van der Waals surface area contributed by atoms with Crippen LogP contribution in [0.25, 0.3) is 0 Å². The van der Waals surface area contributed by atoms with Gasteiger partial charge in [0.25, 0.3) is 5.84 Å². The van der Waals surface area contributed by atoms with Gasteiger partial charge in [0.2, 0.25) is 0 Å². The Kier molecular flexibility index (Phi) is 13.4. The molecule has 0 fully saturated rings. The Hall–Kier alpha value is -2.36. The Labute approximate surface area is 238 Å². The van der Waals surface area contributed by atoms with Crippen LogP contribution in [-0.4, -0.2) is 31.1 Å². The van der Waals surface area contributed by atoms with Crippen molar-refractivity contribution in [3.05, 3.63) is 90.0 Å². The second kappa shape index (κ2) is 15.1. The van der Waals surface area contributed by atoms with Crippen LogP contribution in [0.15, 0.2) is 78.9 Å². The molecule has 0 bridgehead atoms. The summed E-state index contributed by atoms with van der Waals surface area (Å²) in [5, 5.41) is 3.11. The van der Waals surface area contributed by atoms with Crippen LogP contribution in [0.1, 0.15) is 38.8 Å². The molecule has 0 aliphatic rings. The molecule has 3 rings (SSSR count). The van der Waals surface area contributed by atoms with Crippen molar-refractivity contribution >= 4 is 17.2 Å². The lowest BCUT2D eigenvalue weighted by Gasteiger charge is -2.27. The molecule has 3 aromatic carbocycles. The summed E-state index contributed by atoms with van der Waals surface area (Å²) in [5.41, 5.74) is 1.24. The van der Waals surface area contributed by atoms with E-state index in [-0.39, 0.29) is 34.0 Å². The fraction of sp³-hybridized carbons (Fsp3) is 0.321. The zero-order chi connectivity index (χ0) is 25.4. The molecule has 0 aliphatic carbocycles. The van der Waals surface area contributed by atoms with Gasteiger partial charge in [-0.25, -0.2) is 10.3 Å². The summed E-state index contributed by atoms with van der Waals surface area (Å²) < 4.78 is 45.4. The van der Waals surface area contributed by atoms with E-state index in [2.05, 4.69) is 38.0 Å². The van der Waals surface area contributed by atoms with Crippen molar-refractivity contribution < 1.29 is 61.8 Å². The highest BCUT2D eigenvalue weighted by Crippen LogP contribution is 2.30. The second-order valence-corrected chi connectivity index (χ2v) is 9.08. The number of rotatable bonds is 9. The minimum absolute atomic E-state index is 0. The number of ether oxygens (including phenoxy) is 1. The zero-order valence-corrected chi connectivity index (χ0v) is 24.5. The van der Waals surface area contributed by atoms with Gasteiger partial charge in [0.1, 0.15) is 30.3 Å². The molecule has 37 heavy (non-hydrogen) atoms. The molecule has 0 amide bonds. The minimum atomic E-state index is -4.41. The summed E-state index contributed by atoms with van der Waals surface area (Å²) in [5.74, 6) is 1.35. The average molecular weight is 645 g/mol. The quantitative estimate of drug-likeness (QED) is 0.188. The first-order valence-corrected chi connectivity index (χ1v) is 11.9. The highest BCUT2D eigenvalue weighted by atomic mass is 79.9. The van der Waals surface area contributed by atoms with E-state index < -0.39 is 11.7 Å². The van der Waals surface area contributed by atoms with E-state index in [1.54, 1.807) is 6.07 Å². The summed E-state index contributed by atoms with van der Waals surface area (Å²) in [6.45, 7) is 10.4. The monoisotopic (exact) mass is 643 g/mol. The van der Waals surface area contributed by atoms with Crippen molar-refractivity contribution in [3.63, 3.8) is 0 Å². The Morgan fingerprint density at radius 1 is 0.865 bits per heavy atom. The Balaban J connectivity index is 0.00000342. The molecule has 0 saturated heterocycles. The molecule has 0 spiro atoms. The van der Waals surface area contributed by atoms with Crippen molar-refractivity contribution in [2.75, 3.05) is 18.5 Å². The third-order valence-electron chi connectivity index (χ3n) is 5.79. The topological polar surface area (TPSA) is 39.7 Å². The number of benzene rings is 3. The van der Waals surface area contributed by atoms with Crippen LogP contribution >= 0.6 is 0 Å². The maximum absolute atomic E-state index is 13.2. The maximum atomic E-state index is 13.2. The predicted octanol–water partition coefficient (Wildman–Crippen LogP) is -1.94. The summed E-state index contributed by atoms with van der Waals surface area (Å²) in [7, 11) is 0. The van der Waals surface area contributed by atoms with Crippen molar-refractivity contribution in [3.8, 4) is 5.75 Å². The Bertz CT molecular complexity index is 1100. The minimum Gasteiger partial charge on any atom is -1.00 e. The predicted molar refractivity (Wildman–Crippen MR) is 134 cm³/mol. The maximum Gasteiger partial charge on any atom is 0.416 e. The number of hydrogen-bond acceptors (Lipinski definition) is 1. The molecule has 3 N–H and O–H groups in total. The van der Waals surface area contributed by atoms with Crippen LogP contribution in [0.2, 0.25) is 0 Å². The van der Waals surface area contributed by atoms with Gasteiger partial charge in [-0.1, -0.05) is 24.3 Å². The number of halogens is 5. The SMILES string of the molecule is CC(C)[NH+](CCOc1ccc([NH+]=C(Nc2cccc(C(F)(F)F)c2)c2ccccc2)cc1)C(C)C.[Br-].[Br-]. The van der Waals surface area contributed by atoms with Gasteiger partial charge in [0.15, 0.2) is 0 Å². The first kappa shape index (κ1) is 32.7. The number of anilines is 1. The second-order valence-electron chi connectivity index (χ2n) is 9.08. The summed E-state index contributed by atoms with van der Waals surface area (Å²) in [6.07, 6.45) is -4.41. The third-order valence-corrected chi connectivity index (χ3v) is 5.79. The van der Waals surface area contributed by atoms with Crippen LogP contribution in [0.4, 0.5) is 24.5 Å². The van der Waals surface area contributed by atoms with E-state index in [1.165, 1.54) is 11.0 Å². The first-order valence-electron chi connectivity index (χ1n) is 11.9. The standard InChI is InChI=1S/C28H32F3N3O.2BrH/c1-20(2)34(21(3)4)17-18-35-26-15-13-24(14-16-26)32-27(22-9-6-5-7-10-22)33-25-12-8-11-23(19-25)28(29,30)31;;/h5-16,19-21H,17-18H2,1-4H3,(H,32,33);2*1H. The van der Waals surface area contributed by atoms with Crippen molar-refractivity contribution in [2.24, 2.45) is 0 Å². The highest BCUT2D eigenvalue weighted by Gasteiger charge is 2.31. The van der Waals surface area contributed by atoms with E-state index in [0.29, 0.717) is 30.2 Å². The normalized spacial score (nSPS) is 11.8. The van der Waals surface area contributed by atoms with E-state index in [1.807, 2.05) is 54.6 Å². The lowest BCUT2D eigenvalue weighted by Crippen LogP contribution is -3.18. The Morgan fingerprint density at radius 3 is 2.05 bits per heavy atom. The molecule has 0 atom stereocenters. The fourth-order valence-electron chi connectivity index (χ4n) is 4.01. The molecule has 0 radical (unpaired) electrons. The van der Waals surface area contributed by atoms with Crippen molar-refractivity contribution in [1.29, 1.82) is 0 Å². The van der Waals surface area contributed by atoms with Crippen molar-refractivity contribution in [2.45, 2.75) is 46.0 Å². The van der Waals surface area contributed by atoms with Gasteiger partial charge in [-0.3, -0.25) is 0 Å². The van der Waals surface area contributed by atoms with Crippen LogP contribution in [0.3, 0.4) is 0 Å². The molecule has 0 heterocycles. The molecular formula is C28H34Br2F3N3O. The van der Waals surface area contributed by atoms with Crippen LogP contribution < -0.4 is 53.9 Å². The molecule has 0 unspecified atom stereocenters. The van der Waals surface area contributed by atoms with Crippen molar-refractivity contribution in [1.82, 2.24) is 0 Å². The molecule has 202 valence electrons. The van der Waals surface area contributed by atoms with Gasteiger partial charge in [-0.15, -0.1) is 0 Å². The lowest BCUT2D eigenvalue weighted by atomic mass is 10.1. The zero-order valence-electron chi connectivity index (χ0n) is 21.4. The number of quaternary nitrogens is 1. The van der Waals surface area contributed by atoms with Crippen LogP contribution in [0, 0.1) is 0 Å². The number of alkyl halides is 3. The number of nitrogens with one attached hydrogen (secondary N) is 3. The summed E-state index contributed by atoms with van der Waals surface area (Å²) >= 11 is 0. The van der Waals surface area contributed by atoms with Crippen LogP contribution in [0.5, 0.6) is 5.75 Å². The largest absolute Gasteiger partial charge is 1.00 e. The van der Waals surface area contributed by atoms with E-state index >= 15 is 0 Å². The average Bonchev–Trinajstić information content (AvgIpc) is 2.82. The number of amidine groups is 1. The smallest absolute Gasteiger partial charge is 0.416 e. The molecule has 4 nitrogen and oxygen atoms in total. The van der Waals surface area contributed by atoms with Gasteiger partial charge in [0, 0.05) is 0 Å². The Morgan fingerprint density at radius 2 is 1.49 bits per heavy atom. The van der Waals surface area contributed by atoms with E-state index in [4.69, 9.17) is 4.74 Å². The molecular weight excluding hydrogens is 611 g/mol. The molecule has 0 saturated carbocycles. The van der Waals surface area contributed by atoms with E-state index in [9.17, 15) is 13.2 Å². The molecule has 3 aromatic rings. The molecule has 9 heteroatoms. The summed E-state index contributed by atoms with van der Waals surface area (Å²) in [4.78, 5) is 4.79. The first-order chi connectivity index (χ1) is 16.6. The van der Waals surface area contributed by atoms with Gasteiger partial charge in [-0.05, 0) is 82.3 Å². The van der Waals surface area contributed by atoms with Gasteiger partial charge in [0.05, 0.1) is 23.2 Å². The highest BCUT2D eigenvalue weighted by molar-refractivity contribution is 6.04. The van der Waals surface area contributed by atoms with Gasteiger partial charge >= 0.3 is 6.18 Å². The fourth-order valence-corrected chi connectivity index (χ4v) is 4.01. The van der Waals surface area contributed by atoms with Crippen LogP contribution in [-0.2, 0) is 6.18 Å². The summed E-state index contributed by atoms with van der Waals surface area (Å²) in [6, 6.07) is 23.2.